The van der Waals surface area contributed by atoms with Crippen LogP contribution in [0.3, 0.4) is 0 Å². The van der Waals surface area contributed by atoms with Crippen molar-refractivity contribution in [3.8, 4) is 5.69 Å². The van der Waals surface area contributed by atoms with Crippen molar-refractivity contribution in [1.29, 1.82) is 0 Å². The minimum Gasteiger partial charge on any atom is -0.306 e. The molecule has 3 aromatic rings. The number of aromatic nitrogens is 4. The van der Waals surface area contributed by atoms with Gasteiger partial charge < -0.3 is 10.6 Å². The highest BCUT2D eigenvalue weighted by atomic mass is 16.2. The van der Waals surface area contributed by atoms with Crippen LogP contribution in [0.2, 0.25) is 0 Å². The van der Waals surface area contributed by atoms with Gasteiger partial charge in [-0.25, -0.2) is 9.48 Å². The molecule has 1 aromatic carbocycles. The molecule has 0 atom stereocenters. The Labute approximate surface area is 127 Å². The van der Waals surface area contributed by atoms with E-state index >= 15 is 0 Å². The summed E-state index contributed by atoms with van der Waals surface area (Å²) in [5, 5.41) is 13.9. The Hall–Kier alpha value is -3.09. The van der Waals surface area contributed by atoms with E-state index in [-0.39, 0.29) is 6.03 Å². The van der Waals surface area contributed by atoms with Gasteiger partial charge in [-0.15, -0.1) is 0 Å². The fourth-order valence-electron chi connectivity index (χ4n) is 2.16. The maximum atomic E-state index is 12.1. The van der Waals surface area contributed by atoms with Crippen molar-refractivity contribution in [2.45, 2.75) is 6.92 Å². The van der Waals surface area contributed by atoms with Crippen molar-refractivity contribution < 1.29 is 4.79 Å². The van der Waals surface area contributed by atoms with E-state index in [2.05, 4.69) is 20.8 Å². The summed E-state index contributed by atoms with van der Waals surface area (Å²) in [5.74, 6) is 0. The van der Waals surface area contributed by atoms with Gasteiger partial charge in [-0.2, -0.15) is 10.2 Å². The molecule has 0 fully saturated rings. The summed E-state index contributed by atoms with van der Waals surface area (Å²) in [6.45, 7) is 1.96. The van der Waals surface area contributed by atoms with E-state index < -0.39 is 0 Å². The van der Waals surface area contributed by atoms with Crippen molar-refractivity contribution in [3.05, 3.63) is 54.6 Å². The molecule has 0 saturated heterocycles. The number of para-hydroxylation sites is 2. The number of anilines is 2. The van der Waals surface area contributed by atoms with E-state index in [1.807, 2.05) is 37.3 Å². The van der Waals surface area contributed by atoms with E-state index in [0.717, 1.165) is 11.4 Å². The smallest absolute Gasteiger partial charge is 0.306 e. The van der Waals surface area contributed by atoms with Gasteiger partial charge in [-0.1, -0.05) is 12.1 Å². The molecule has 0 saturated carbocycles. The minimum atomic E-state index is -0.328. The summed E-state index contributed by atoms with van der Waals surface area (Å²) in [6, 6.07) is 9.08. The van der Waals surface area contributed by atoms with E-state index in [1.54, 1.807) is 35.0 Å². The van der Waals surface area contributed by atoms with Crippen LogP contribution in [-0.2, 0) is 7.05 Å². The van der Waals surface area contributed by atoms with Gasteiger partial charge >= 0.3 is 6.03 Å². The lowest BCUT2D eigenvalue weighted by Crippen LogP contribution is -2.20. The molecule has 0 bridgehead atoms. The molecule has 0 aliphatic carbocycles. The third-order valence-electron chi connectivity index (χ3n) is 3.18. The van der Waals surface area contributed by atoms with Gasteiger partial charge in [0.15, 0.2) is 0 Å². The number of carbonyl (C=O) groups excluding carboxylic acids is 1. The summed E-state index contributed by atoms with van der Waals surface area (Å²) < 4.78 is 3.40. The number of hydrogen-bond donors (Lipinski definition) is 2. The van der Waals surface area contributed by atoms with Crippen molar-refractivity contribution in [2.75, 3.05) is 10.6 Å². The molecule has 0 unspecified atom stereocenters. The molecule has 0 aliphatic rings. The van der Waals surface area contributed by atoms with Crippen LogP contribution in [0.25, 0.3) is 5.69 Å². The molecule has 3 rings (SSSR count). The summed E-state index contributed by atoms with van der Waals surface area (Å²) in [7, 11) is 1.79. The van der Waals surface area contributed by atoms with Crippen LogP contribution in [0.4, 0.5) is 16.2 Å². The summed E-state index contributed by atoms with van der Waals surface area (Å²) >= 11 is 0. The molecule has 7 nitrogen and oxygen atoms in total. The second-order valence-electron chi connectivity index (χ2n) is 4.88. The lowest BCUT2D eigenvalue weighted by atomic mass is 10.2. The van der Waals surface area contributed by atoms with Crippen molar-refractivity contribution >= 4 is 17.4 Å². The van der Waals surface area contributed by atoms with Crippen LogP contribution < -0.4 is 10.6 Å². The zero-order chi connectivity index (χ0) is 15.5. The average molecular weight is 296 g/mol. The van der Waals surface area contributed by atoms with Gasteiger partial charge in [0, 0.05) is 25.1 Å². The zero-order valence-electron chi connectivity index (χ0n) is 12.3. The summed E-state index contributed by atoms with van der Waals surface area (Å²) in [5.41, 5.74) is 3.11. The fourth-order valence-corrected chi connectivity index (χ4v) is 2.16. The number of hydrogen-bond acceptors (Lipinski definition) is 3. The molecule has 0 aliphatic heterocycles. The molecule has 22 heavy (non-hydrogen) atoms. The van der Waals surface area contributed by atoms with Gasteiger partial charge in [-0.3, -0.25) is 4.68 Å². The Bertz CT molecular complexity index is 804. The van der Waals surface area contributed by atoms with Gasteiger partial charge in [-0.05, 0) is 25.1 Å². The highest BCUT2D eigenvalue weighted by Gasteiger charge is 2.10. The number of amides is 2. The molecule has 2 amide bonds. The maximum absolute atomic E-state index is 12.1. The monoisotopic (exact) mass is 296 g/mol. The molecule has 0 spiro atoms. The first-order valence-corrected chi connectivity index (χ1v) is 6.80. The molecule has 2 aromatic heterocycles. The van der Waals surface area contributed by atoms with Crippen LogP contribution in [0.15, 0.2) is 48.9 Å². The first-order chi connectivity index (χ1) is 10.6. The lowest BCUT2D eigenvalue weighted by molar-refractivity contribution is 0.262. The quantitative estimate of drug-likeness (QED) is 0.780. The predicted molar refractivity (Wildman–Crippen MR) is 84.2 cm³/mol. The standard InChI is InChI=1S/C15H16N6O/c1-11-7-8-16-21(11)14-6-4-3-5-13(14)19-15(22)18-12-9-17-20(2)10-12/h3-10H,1-2H3,(H2,18,19,22). The highest BCUT2D eigenvalue weighted by molar-refractivity contribution is 6.00. The second-order valence-corrected chi connectivity index (χ2v) is 4.88. The van der Waals surface area contributed by atoms with Crippen LogP contribution in [0, 0.1) is 6.92 Å². The number of aryl methyl sites for hydroxylation is 2. The number of rotatable bonds is 3. The predicted octanol–water partition coefficient (Wildman–Crippen LogP) is 2.56. The zero-order valence-corrected chi connectivity index (χ0v) is 12.3. The van der Waals surface area contributed by atoms with Gasteiger partial charge in [0.1, 0.15) is 0 Å². The number of nitrogens with zero attached hydrogens (tertiary/aromatic N) is 4. The highest BCUT2D eigenvalue weighted by Crippen LogP contribution is 2.21. The Balaban J connectivity index is 1.81. The molecule has 2 heterocycles. The van der Waals surface area contributed by atoms with Crippen LogP contribution in [0.5, 0.6) is 0 Å². The third kappa shape index (κ3) is 2.83. The summed E-state index contributed by atoms with van der Waals surface area (Å²) in [4.78, 5) is 12.1. The van der Waals surface area contributed by atoms with Crippen molar-refractivity contribution in [3.63, 3.8) is 0 Å². The molecular weight excluding hydrogens is 280 g/mol. The van der Waals surface area contributed by atoms with Crippen molar-refractivity contribution in [1.82, 2.24) is 19.6 Å². The van der Waals surface area contributed by atoms with E-state index in [4.69, 9.17) is 0 Å². The number of carbonyl (C=O) groups is 1. The Morgan fingerprint density at radius 3 is 2.64 bits per heavy atom. The summed E-state index contributed by atoms with van der Waals surface area (Å²) in [6.07, 6.45) is 5.04. The molecule has 7 heteroatoms. The molecule has 2 N–H and O–H groups in total. The van der Waals surface area contributed by atoms with Crippen LogP contribution in [0.1, 0.15) is 5.69 Å². The first-order valence-electron chi connectivity index (χ1n) is 6.80. The largest absolute Gasteiger partial charge is 0.323 e. The lowest BCUT2D eigenvalue weighted by Gasteiger charge is -2.12. The minimum absolute atomic E-state index is 0.328. The van der Waals surface area contributed by atoms with Crippen molar-refractivity contribution in [2.24, 2.45) is 7.05 Å². The van der Waals surface area contributed by atoms with Gasteiger partial charge in [0.25, 0.3) is 0 Å². The molecular formula is C15H16N6O. The Kier molecular flexibility index (Phi) is 3.61. The maximum Gasteiger partial charge on any atom is 0.323 e. The number of nitrogens with one attached hydrogen (secondary N) is 2. The van der Waals surface area contributed by atoms with Gasteiger partial charge in [0.05, 0.1) is 23.3 Å². The third-order valence-corrected chi connectivity index (χ3v) is 3.18. The van der Waals surface area contributed by atoms with Gasteiger partial charge in [0.2, 0.25) is 0 Å². The van der Waals surface area contributed by atoms with Crippen LogP contribution in [-0.4, -0.2) is 25.6 Å². The Morgan fingerprint density at radius 2 is 1.95 bits per heavy atom. The first kappa shape index (κ1) is 13.9. The normalized spacial score (nSPS) is 10.5. The van der Waals surface area contributed by atoms with E-state index in [1.165, 1.54) is 0 Å². The molecule has 0 radical (unpaired) electrons. The van der Waals surface area contributed by atoms with E-state index in [0.29, 0.717) is 11.4 Å². The average Bonchev–Trinajstić information content (AvgIpc) is 3.08. The molecule has 112 valence electrons. The van der Waals surface area contributed by atoms with E-state index in [9.17, 15) is 4.79 Å². The number of urea groups is 1. The SMILES string of the molecule is Cc1ccnn1-c1ccccc1NC(=O)Nc1cnn(C)c1. The Morgan fingerprint density at radius 1 is 1.14 bits per heavy atom. The van der Waals surface area contributed by atoms with Crippen LogP contribution >= 0.6 is 0 Å². The fraction of sp³-hybridized carbons (Fsp3) is 0.133. The number of benzene rings is 1. The topological polar surface area (TPSA) is 76.8 Å². The second kappa shape index (κ2) is 5.72.